The highest BCUT2D eigenvalue weighted by molar-refractivity contribution is 5.27. The number of rotatable bonds is 0. The van der Waals surface area contributed by atoms with Crippen LogP contribution in [-0.4, -0.2) is 17.1 Å². The molecule has 2 rings (SSSR count). The van der Waals surface area contributed by atoms with Gasteiger partial charge in [-0.2, -0.15) is 0 Å². The fraction of sp³-hybridized carbons (Fsp3) is 0.500. The lowest BCUT2D eigenvalue weighted by Crippen LogP contribution is -2.37. The first kappa shape index (κ1) is 9.40. The van der Waals surface area contributed by atoms with Crippen LogP contribution in [-0.2, 0) is 6.54 Å². The molecule has 1 N–H and O–H groups in total. The highest BCUT2D eigenvalue weighted by Crippen LogP contribution is 2.23. The van der Waals surface area contributed by atoms with Gasteiger partial charge in [0.05, 0.1) is 6.20 Å². The van der Waals surface area contributed by atoms with Gasteiger partial charge in [0, 0.05) is 18.7 Å². The zero-order chi connectivity index (χ0) is 10.2. The second-order valence-electron chi connectivity index (χ2n) is 4.08. The zero-order valence-corrected chi connectivity index (χ0v) is 8.30. The van der Waals surface area contributed by atoms with E-state index in [-0.39, 0.29) is 11.4 Å². The smallest absolute Gasteiger partial charge is 0.218 e. The van der Waals surface area contributed by atoms with E-state index in [1.54, 1.807) is 0 Å². The number of fused-ring (bicyclic) bond motifs is 1. The zero-order valence-electron chi connectivity index (χ0n) is 8.30. The van der Waals surface area contributed by atoms with Crippen LogP contribution >= 0.6 is 0 Å². The Labute approximate surface area is 82.3 Å². The maximum absolute atomic E-state index is 12.9. The number of hydrogen-bond donors (Lipinski definition) is 1. The molecule has 0 aromatic carbocycles. The van der Waals surface area contributed by atoms with Crippen LogP contribution in [0.2, 0.25) is 0 Å². The first-order chi connectivity index (χ1) is 6.57. The Hall–Kier alpha value is -1.16. The molecule has 2 heterocycles. The number of nitrogens with zero attached hydrogens (tertiary/aromatic N) is 1. The van der Waals surface area contributed by atoms with E-state index in [1.165, 1.54) is 12.3 Å². The van der Waals surface area contributed by atoms with Gasteiger partial charge >= 0.3 is 0 Å². The van der Waals surface area contributed by atoms with Gasteiger partial charge in [0.25, 0.3) is 0 Å². The molecule has 76 valence electrons. The summed E-state index contributed by atoms with van der Waals surface area (Å²) in [7, 11) is 0. The number of halogens is 1. The van der Waals surface area contributed by atoms with Crippen LogP contribution in [0.3, 0.4) is 0 Å². The molecule has 0 fully saturated rings. The summed E-state index contributed by atoms with van der Waals surface area (Å²) in [5.74, 6) is 0.204. The van der Waals surface area contributed by atoms with E-state index in [0.29, 0.717) is 12.4 Å². The van der Waals surface area contributed by atoms with E-state index >= 15 is 0 Å². The molecular formula is C10H13FN2O. The third kappa shape index (κ3) is 1.85. The minimum Gasteiger partial charge on any atom is -0.470 e. The van der Waals surface area contributed by atoms with Crippen molar-refractivity contribution in [2.24, 2.45) is 0 Å². The second-order valence-corrected chi connectivity index (χ2v) is 4.08. The average molecular weight is 196 g/mol. The molecule has 0 unspecified atom stereocenters. The highest BCUT2D eigenvalue weighted by atomic mass is 19.1. The predicted octanol–water partition coefficient (Wildman–Crippen LogP) is 1.48. The maximum atomic E-state index is 12.9. The Morgan fingerprint density at radius 2 is 2.36 bits per heavy atom. The summed E-state index contributed by atoms with van der Waals surface area (Å²) in [6.45, 7) is 5.27. The molecule has 0 aliphatic carbocycles. The molecule has 1 aromatic heterocycles. The third-order valence-electron chi connectivity index (χ3n) is 2.13. The molecule has 0 bridgehead atoms. The van der Waals surface area contributed by atoms with Crippen molar-refractivity contribution in [2.45, 2.75) is 26.0 Å². The molecule has 0 saturated heterocycles. The lowest BCUT2D eigenvalue weighted by Gasteiger charge is -2.23. The lowest BCUT2D eigenvalue weighted by atomic mass is 10.1. The molecular weight excluding hydrogens is 183 g/mol. The fourth-order valence-corrected chi connectivity index (χ4v) is 1.48. The summed E-state index contributed by atoms with van der Waals surface area (Å²) in [6.07, 6.45) is 1.18. The van der Waals surface area contributed by atoms with Gasteiger partial charge in [0.1, 0.15) is 11.4 Å². The van der Waals surface area contributed by atoms with Crippen molar-refractivity contribution in [3.8, 4) is 5.88 Å². The number of hydrogen-bond acceptors (Lipinski definition) is 3. The van der Waals surface area contributed by atoms with Gasteiger partial charge in [0.2, 0.25) is 5.88 Å². The number of aromatic nitrogens is 1. The lowest BCUT2D eigenvalue weighted by molar-refractivity contribution is 0.109. The fourth-order valence-electron chi connectivity index (χ4n) is 1.48. The van der Waals surface area contributed by atoms with Gasteiger partial charge in [-0.05, 0) is 19.9 Å². The largest absolute Gasteiger partial charge is 0.470 e. The molecule has 0 radical (unpaired) electrons. The Morgan fingerprint density at radius 1 is 1.57 bits per heavy atom. The number of pyridine rings is 1. The highest BCUT2D eigenvalue weighted by Gasteiger charge is 2.25. The van der Waals surface area contributed by atoms with Crippen molar-refractivity contribution in [3.05, 3.63) is 23.6 Å². The summed E-state index contributed by atoms with van der Waals surface area (Å²) >= 11 is 0. The minimum absolute atomic E-state index is 0.296. The van der Waals surface area contributed by atoms with Gasteiger partial charge in [-0.1, -0.05) is 0 Å². The Kier molecular flexibility index (Phi) is 2.15. The monoisotopic (exact) mass is 196 g/mol. The maximum Gasteiger partial charge on any atom is 0.218 e. The van der Waals surface area contributed by atoms with Crippen LogP contribution in [0.15, 0.2) is 12.3 Å². The van der Waals surface area contributed by atoms with E-state index in [9.17, 15) is 4.39 Å². The van der Waals surface area contributed by atoms with Crippen molar-refractivity contribution in [2.75, 3.05) is 6.54 Å². The minimum atomic E-state index is -0.325. The van der Waals surface area contributed by atoms with Crippen LogP contribution in [0.25, 0.3) is 0 Å². The van der Waals surface area contributed by atoms with Crippen molar-refractivity contribution < 1.29 is 9.13 Å². The van der Waals surface area contributed by atoms with Crippen molar-refractivity contribution in [3.63, 3.8) is 0 Å². The van der Waals surface area contributed by atoms with Gasteiger partial charge in [-0.3, -0.25) is 0 Å². The Bertz CT molecular complexity index is 352. The molecule has 1 aliphatic heterocycles. The topological polar surface area (TPSA) is 34.2 Å². The number of nitrogens with one attached hydrogen (secondary N) is 1. The molecule has 1 aromatic rings. The average Bonchev–Trinajstić information content (AvgIpc) is 2.22. The van der Waals surface area contributed by atoms with E-state index in [0.717, 1.165) is 12.1 Å². The summed E-state index contributed by atoms with van der Waals surface area (Å²) in [6, 6.07) is 1.46. The summed E-state index contributed by atoms with van der Waals surface area (Å²) in [5, 5.41) is 3.19. The Balaban J connectivity index is 2.37. The molecule has 14 heavy (non-hydrogen) atoms. The molecule has 0 saturated carbocycles. The molecule has 1 aliphatic rings. The Morgan fingerprint density at radius 3 is 3.14 bits per heavy atom. The molecule has 0 atom stereocenters. The van der Waals surface area contributed by atoms with Gasteiger partial charge in [-0.25, -0.2) is 9.37 Å². The standard InChI is InChI=1S/C10H13FN2O/c1-10(2)6-12-4-7-3-8(11)5-13-9(7)14-10/h3,5,12H,4,6H2,1-2H3. The first-order valence-electron chi connectivity index (χ1n) is 4.61. The quantitative estimate of drug-likeness (QED) is 0.682. The molecule has 0 spiro atoms. The van der Waals surface area contributed by atoms with E-state index in [1.807, 2.05) is 13.8 Å². The van der Waals surface area contributed by atoms with Gasteiger partial charge in [0.15, 0.2) is 0 Å². The van der Waals surface area contributed by atoms with E-state index in [4.69, 9.17) is 4.74 Å². The summed E-state index contributed by atoms with van der Waals surface area (Å²) in [4.78, 5) is 3.94. The molecule has 0 amide bonds. The van der Waals surface area contributed by atoms with Gasteiger partial charge < -0.3 is 10.1 Å². The summed E-state index contributed by atoms with van der Waals surface area (Å²) < 4.78 is 18.5. The first-order valence-corrected chi connectivity index (χ1v) is 4.61. The second kappa shape index (κ2) is 3.20. The van der Waals surface area contributed by atoms with Crippen LogP contribution < -0.4 is 10.1 Å². The normalized spacial score (nSPS) is 19.4. The van der Waals surface area contributed by atoms with E-state index in [2.05, 4.69) is 10.3 Å². The third-order valence-corrected chi connectivity index (χ3v) is 2.13. The SMILES string of the molecule is CC1(C)CNCc2cc(F)cnc2O1. The van der Waals surface area contributed by atoms with Crippen LogP contribution in [0.5, 0.6) is 5.88 Å². The van der Waals surface area contributed by atoms with Crippen LogP contribution in [0, 0.1) is 5.82 Å². The van der Waals surface area contributed by atoms with Gasteiger partial charge in [-0.15, -0.1) is 0 Å². The van der Waals surface area contributed by atoms with Crippen molar-refractivity contribution >= 4 is 0 Å². The van der Waals surface area contributed by atoms with Crippen molar-refractivity contribution in [1.29, 1.82) is 0 Å². The van der Waals surface area contributed by atoms with Crippen LogP contribution in [0.1, 0.15) is 19.4 Å². The molecule has 3 nitrogen and oxygen atoms in total. The van der Waals surface area contributed by atoms with E-state index < -0.39 is 0 Å². The summed E-state index contributed by atoms with van der Waals surface area (Å²) in [5.41, 5.74) is 0.478. The van der Waals surface area contributed by atoms with Crippen LogP contribution in [0.4, 0.5) is 4.39 Å². The predicted molar refractivity (Wildman–Crippen MR) is 50.6 cm³/mol. The van der Waals surface area contributed by atoms with Crippen molar-refractivity contribution in [1.82, 2.24) is 10.3 Å². The number of ether oxygens (including phenoxy) is 1. The molecule has 4 heteroatoms.